The Bertz CT molecular complexity index is 3370. The number of anilines is 2. The molecular formula is C54H49BN2OS. The number of rotatable bonds is 3. The Labute approximate surface area is 350 Å². The maximum Gasteiger partial charge on any atom is 0.198 e. The van der Waals surface area contributed by atoms with Crippen molar-refractivity contribution in [1.29, 1.82) is 0 Å². The van der Waals surface area contributed by atoms with Crippen LogP contribution in [-0.4, -0.2) is 11.8 Å². The monoisotopic (exact) mass is 784 g/mol. The highest BCUT2D eigenvalue weighted by atomic mass is 32.1. The molecular weight excluding hydrogens is 735 g/mol. The molecule has 0 saturated heterocycles. The van der Waals surface area contributed by atoms with Crippen LogP contribution < -0.4 is 16.2 Å². The summed E-state index contributed by atoms with van der Waals surface area (Å²) in [6.07, 6.45) is 0. The number of para-hydroxylation sites is 1. The second-order valence-corrected chi connectivity index (χ2v) is 21.0. The molecule has 0 saturated carbocycles. The first-order valence-electron chi connectivity index (χ1n) is 21.1. The lowest BCUT2D eigenvalue weighted by Crippen LogP contribution is -2.37. The van der Waals surface area contributed by atoms with Crippen LogP contribution in [0.15, 0.2) is 126 Å². The molecule has 0 fully saturated rings. The van der Waals surface area contributed by atoms with Gasteiger partial charge in [-0.05, 0) is 99.1 Å². The van der Waals surface area contributed by atoms with Gasteiger partial charge in [0.2, 0.25) is 0 Å². The molecule has 1 aliphatic rings. The van der Waals surface area contributed by atoms with E-state index in [0.717, 1.165) is 40.8 Å². The van der Waals surface area contributed by atoms with E-state index >= 15 is 0 Å². The number of benzene rings is 7. The molecule has 3 nitrogen and oxygen atoms in total. The largest absolute Gasteiger partial charge is 0.455 e. The summed E-state index contributed by atoms with van der Waals surface area (Å²) in [6, 6.07) is 45.7. The predicted molar refractivity (Wildman–Crippen MR) is 259 cm³/mol. The van der Waals surface area contributed by atoms with Crippen LogP contribution in [0.1, 0.15) is 79.0 Å². The van der Waals surface area contributed by atoms with Crippen molar-refractivity contribution >= 4 is 105 Å². The smallest absolute Gasteiger partial charge is 0.198 e. The number of hydrogen-bond acceptors (Lipinski definition) is 3. The highest BCUT2D eigenvalue weighted by Gasteiger charge is 2.33. The van der Waals surface area contributed by atoms with E-state index in [9.17, 15) is 0 Å². The Kier molecular flexibility index (Phi) is 7.62. The lowest BCUT2D eigenvalue weighted by atomic mass is 9.58. The van der Waals surface area contributed by atoms with E-state index in [2.05, 4.69) is 194 Å². The van der Waals surface area contributed by atoms with Crippen LogP contribution in [0.25, 0.3) is 80.7 Å². The van der Waals surface area contributed by atoms with Crippen molar-refractivity contribution in [3.05, 3.63) is 138 Å². The van der Waals surface area contributed by atoms with Gasteiger partial charge in [0.15, 0.2) is 7.28 Å². The van der Waals surface area contributed by atoms with Gasteiger partial charge >= 0.3 is 0 Å². The van der Waals surface area contributed by atoms with Gasteiger partial charge < -0.3 is 14.3 Å². The third-order valence-electron chi connectivity index (χ3n) is 12.9. The number of aromatic nitrogens is 1. The third-order valence-corrected chi connectivity index (χ3v) is 14.0. The molecule has 3 aromatic heterocycles. The molecule has 0 amide bonds. The minimum atomic E-state index is -0.0619. The summed E-state index contributed by atoms with van der Waals surface area (Å²) in [7, 11) is 0.792. The molecule has 5 heteroatoms. The zero-order valence-electron chi connectivity index (χ0n) is 35.5. The van der Waals surface area contributed by atoms with Gasteiger partial charge in [-0.15, -0.1) is 11.3 Å². The van der Waals surface area contributed by atoms with Crippen molar-refractivity contribution in [2.75, 3.05) is 5.32 Å². The first-order chi connectivity index (χ1) is 28.1. The van der Waals surface area contributed by atoms with E-state index in [1.165, 1.54) is 86.2 Å². The van der Waals surface area contributed by atoms with Crippen LogP contribution in [0.4, 0.5) is 11.4 Å². The second kappa shape index (κ2) is 12.4. The fourth-order valence-corrected chi connectivity index (χ4v) is 10.8. The van der Waals surface area contributed by atoms with Crippen LogP contribution in [0.2, 0.25) is 0 Å². The molecule has 0 bridgehead atoms. The number of nitrogens with one attached hydrogen (secondary N) is 1. The van der Waals surface area contributed by atoms with Crippen molar-refractivity contribution in [3.8, 4) is 16.8 Å². The number of fused-ring (bicyclic) bond motifs is 12. The second-order valence-electron chi connectivity index (χ2n) is 19.9. The Morgan fingerprint density at radius 3 is 1.98 bits per heavy atom. The quantitative estimate of drug-likeness (QED) is 0.181. The van der Waals surface area contributed by atoms with E-state index in [1.54, 1.807) is 0 Å². The molecule has 0 aliphatic carbocycles. The zero-order chi connectivity index (χ0) is 40.7. The van der Waals surface area contributed by atoms with Crippen molar-refractivity contribution in [2.24, 2.45) is 0 Å². The minimum Gasteiger partial charge on any atom is -0.455 e. The van der Waals surface area contributed by atoms with Gasteiger partial charge in [0.25, 0.3) is 0 Å². The third kappa shape index (κ3) is 5.54. The molecule has 59 heavy (non-hydrogen) atoms. The Balaban J connectivity index is 1.30. The first kappa shape index (κ1) is 36.3. The van der Waals surface area contributed by atoms with Gasteiger partial charge in [0.05, 0.1) is 11.0 Å². The lowest BCUT2D eigenvalue weighted by Gasteiger charge is -2.26. The molecule has 11 rings (SSSR count). The molecule has 0 radical (unpaired) electrons. The van der Waals surface area contributed by atoms with E-state index in [1.807, 2.05) is 11.3 Å². The molecule has 4 heterocycles. The van der Waals surface area contributed by atoms with Crippen molar-refractivity contribution < 1.29 is 4.42 Å². The summed E-state index contributed by atoms with van der Waals surface area (Å²) in [6.45, 7) is 20.7. The number of furan rings is 1. The number of nitrogens with zero attached hydrogens (tertiary/aromatic N) is 1. The summed E-state index contributed by atoms with van der Waals surface area (Å²) >= 11 is 1.90. The summed E-state index contributed by atoms with van der Waals surface area (Å²) in [5, 5.41) is 11.5. The number of hydrogen-bond donors (Lipinski definition) is 1. The average Bonchev–Trinajstić information content (AvgIpc) is 3.86. The van der Waals surface area contributed by atoms with E-state index in [0.29, 0.717) is 0 Å². The first-order valence-corrected chi connectivity index (χ1v) is 21.9. The Morgan fingerprint density at radius 1 is 0.576 bits per heavy atom. The summed E-state index contributed by atoms with van der Waals surface area (Å²) in [5.41, 5.74) is 16.7. The predicted octanol–water partition coefficient (Wildman–Crippen LogP) is 14.1. The highest BCUT2D eigenvalue weighted by Crippen LogP contribution is 2.48. The maximum absolute atomic E-state index is 7.22. The molecule has 0 spiro atoms. The van der Waals surface area contributed by atoms with Crippen molar-refractivity contribution in [3.63, 3.8) is 0 Å². The van der Waals surface area contributed by atoms with Crippen LogP contribution >= 0.6 is 11.3 Å². The molecule has 7 aromatic carbocycles. The Hall–Kier alpha value is -5.78. The van der Waals surface area contributed by atoms with E-state index < -0.39 is 0 Å². The molecule has 0 atom stereocenters. The van der Waals surface area contributed by atoms with Crippen molar-refractivity contribution in [2.45, 2.75) is 78.6 Å². The van der Waals surface area contributed by atoms with Crippen LogP contribution in [0.3, 0.4) is 0 Å². The van der Waals surface area contributed by atoms with Gasteiger partial charge in [-0.3, -0.25) is 0 Å². The zero-order valence-corrected chi connectivity index (χ0v) is 36.3. The molecule has 1 aliphatic heterocycles. The fraction of sp³-hybridized carbons (Fsp3) is 0.222. The summed E-state index contributed by atoms with van der Waals surface area (Å²) < 4.78 is 12.5. The van der Waals surface area contributed by atoms with Gasteiger partial charge in [0.1, 0.15) is 11.2 Å². The molecule has 10 aromatic rings. The van der Waals surface area contributed by atoms with Crippen LogP contribution in [-0.2, 0) is 16.2 Å². The van der Waals surface area contributed by atoms with Crippen LogP contribution in [0, 0.1) is 0 Å². The average molecular weight is 785 g/mol. The number of thiophene rings is 1. The standard InChI is InChI=1S/C54H49BN2OS/c1-52(2,3)30-18-22-33(23-19-30)56-40-24-20-31(53(4,5)6)26-37(40)48-49-50-46(47-35-15-10-12-16-43(35)58-51(47)48)38-27-32(54(7,8)9)21-25-41(38)57(50)42-28-36-34-14-11-13-17-44(34)59-45(36)29-39(42)55-49/h10-29,55-56H,1-9H3. The van der Waals surface area contributed by atoms with Crippen LogP contribution in [0.5, 0.6) is 0 Å². The topological polar surface area (TPSA) is 30.1 Å². The Morgan fingerprint density at radius 2 is 1.24 bits per heavy atom. The van der Waals surface area contributed by atoms with Gasteiger partial charge in [-0.25, -0.2) is 0 Å². The van der Waals surface area contributed by atoms with Gasteiger partial charge in [-0.2, -0.15) is 0 Å². The SMILES string of the molecule is CC(C)(C)c1ccc(Nc2ccc(C(C)(C)C)cc2-c2c3c4c(c5cc(C(C)(C)C)ccc5n4-c4cc5c(cc4B3)sc3ccccc35)c3c2oc2ccccc23)cc1. The maximum atomic E-state index is 7.22. The normalized spacial score (nSPS) is 13.3. The van der Waals surface area contributed by atoms with E-state index in [4.69, 9.17) is 4.42 Å². The molecule has 0 unspecified atom stereocenters. The van der Waals surface area contributed by atoms with Crippen molar-refractivity contribution in [1.82, 2.24) is 4.57 Å². The highest BCUT2D eigenvalue weighted by molar-refractivity contribution is 7.26. The molecule has 1 N–H and O–H groups in total. The summed E-state index contributed by atoms with van der Waals surface area (Å²) in [5.74, 6) is 0. The molecule has 290 valence electrons. The van der Waals surface area contributed by atoms with Gasteiger partial charge in [0, 0.05) is 69.9 Å². The summed E-state index contributed by atoms with van der Waals surface area (Å²) in [4.78, 5) is 0. The van der Waals surface area contributed by atoms with Gasteiger partial charge in [-0.1, -0.05) is 128 Å². The minimum absolute atomic E-state index is 0.0120. The van der Waals surface area contributed by atoms with E-state index in [-0.39, 0.29) is 16.2 Å². The lowest BCUT2D eigenvalue weighted by molar-refractivity contribution is 0.590. The fourth-order valence-electron chi connectivity index (χ4n) is 9.61.